The van der Waals surface area contributed by atoms with Crippen molar-refractivity contribution in [2.75, 3.05) is 0 Å². The number of rotatable bonds is 3. The topological polar surface area (TPSA) is 66.0 Å². The molecule has 1 aromatic rings. The van der Waals surface area contributed by atoms with Gasteiger partial charge in [-0.05, 0) is 12.0 Å². The summed E-state index contributed by atoms with van der Waals surface area (Å²) in [7, 11) is 0. The van der Waals surface area contributed by atoms with Crippen LogP contribution in [0.5, 0.6) is 0 Å². The molecule has 11 heavy (non-hydrogen) atoms. The van der Waals surface area contributed by atoms with Gasteiger partial charge in [0.2, 0.25) is 0 Å². The average molecular weight is 177 g/mol. The molecule has 0 aliphatic rings. The van der Waals surface area contributed by atoms with E-state index in [0.29, 0.717) is 6.42 Å². The van der Waals surface area contributed by atoms with Gasteiger partial charge < -0.3 is 5.11 Å². The van der Waals surface area contributed by atoms with Crippen molar-refractivity contribution >= 4 is 18.4 Å². The molecule has 4 nitrogen and oxygen atoms in total. The number of carboxylic acid groups (broad SMARTS) is 1. The summed E-state index contributed by atoms with van der Waals surface area (Å²) in [6.45, 7) is 0. The van der Waals surface area contributed by atoms with E-state index in [9.17, 15) is 4.79 Å². The molecule has 0 saturated heterocycles. The van der Waals surface area contributed by atoms with Crippen molar-refractivity contribution in [2.45, 2.75) is 12.8 Å². The average Bonchev–Trinajstić information content (AvgIpc) is 2.34. The predicted molar refractivity (Wildman–Crippen MR) is 41.8 cm³/mol. The van der Waals surface area contributed by atoms with E-state index in [0.717, 1.165) is 5.56 Å². The Bertz CT molecular complexity index is 210. The second-order valence-electron chi connectivity index (χ2n) is 2.00. The highest BCUT2D eigenvalue weighted by molar-refractivity contribution is 5.85. The first kappa shape index (κ1) is 9.97. The molecule has 1 heterocycles. The van der Waals surface area contributed by atoms with Gasteiger partial charge in [-0.25, -0.2) is 0 Å². The number of H-pyrrole nitrogens is 1. The Hall–Kier alpha value is -1.03. The summed E-state index contributed by atoms with van der Waals surface area (Å²) in [6, 6.07) is 0. The van der Waals surface area contributed by atoms with Gasteiger partial charge in [0.1, 0.15) is 0 Å². The Morgan fingerprint density at radius 1 is 1.73 bits per heavy atom. The molecule has 0 bridgehead atoms. The van der Waals surface area contributed by atoms with Crippen LogP contribution in [0.2, 0.25) is 0 Å². The Balaban J connectivity index is 0.000001000. The summed E-state index contributed by atoms with van der Waals surface area (Å²) in [6.07, 6.45) is 4.04. The van der Waals surface area contributed by atoms with Gasteiger partial charge in [-0.15, -0.1) is 12.4 Å². The molecule has 0 spiro atoms. The minimum absolute atomic E-state index is 0. The zero-order chi connectivity index (χ0) is 7.40. The molecule has 0 aromatic carbocycles. The first-order valence-electron chi connectivity index (χ1n) is 2.98. The maximum absolute atomic E-state index is 10.1. The van der Waals surface area contributed by atoms with Crippen molar-refractivity contribution < 1.29 is 9.90 Å². The Morgan fingerprint density at radius 2 is 2.45 bits per heavy atom. The fourth-order valence-electron chi connectivity index (χ4n) is 0.666. The molecule has 0 unspecified atom stereocenters. The van der Waals surface area contributed by atoms with E-state index in [2.05, 4.69) is 10.2 Å². The third-order valence-electron chi connectivity index (χ3n) is 1.18. The van der Waals surface area contributed by atoms with Crippen LogP contribution in [0.1, 0.15) is 12.0 Å². The van der Waals surface area contributed by atoms with Gasteiger partial charge in [-0.3, -0.25) is 9.89 Å². The number of nitrogens with zero attached hydrogens (tertiary/aromatic N) is 1. The highest BCUT2D eigenvalue weighted by atomic mass is 35.5. The van der Waals surface area contributed by atoms with Gasteiger partial charge >= 0.3 is 5.97 Å². The highest BCUT2D eigenvalue weighted by Crippen LogP contribution is 1.97. The van der Waals surface area contributed by atoms with E-state index in [-0.39, 0.29) is 18.8 Å². The monoisotopic (exact) mass is 176 g/mol. The van der Waals surface area contributed by atoms with E-state index in [4.69, 9.17) is 5.11 Å². The van der Waals surface area contributed by atoms with Crippen molar-refractivity contribution in [3.63, 3.8) is 0 Å². The summed E-state index contributed by atoms with van der Waals surface area (Å²) < 4.78 is 0. The standard InChI is InChI=1S/C6H8N2O2.ClH/c9-6(10)2-1-5-3-7-8-4-5;/h3-4H,1-2H2,(H,7,8)(H,9,10);1H. The molecule has 2 N–H and O–H groups in total. The second kappa shape index (κ2) is 4.73. The summed E-state index contributed by atoms with van der Waals surface area (Å²) in [5, 5.41) is 14.6. The number of carbonyl (C=O) groups is 1. The van der Waals surface area contributed by atoms with Gasteiger partial charge in [0.25, 0.3) is 0 Å². The van der Waals surface area contributed by atoms with Crippen LogP contribution >= 0.6 is 12.4 Å². The number of aryl methyl sites for hydroxylation is 1. The number of hydrogen-bond donors (Lipinski definition) is 2. The quantitative estimate of drug-likeness (QED) is 0.718. The first-order valence-corrected chi connectivity index (χ1v) is 2.98. The van der Waals surface area contributed by atoms with Gasteiger partial charge in [0, 0.05) is 12.6 Å². The number of halogens is 1. The lowest BCUT2D eigenvalue weighted by Gasteiger charge is -1.88. The number of nitrogens with one attached hydrogen (secondary N) is 1. The number of hydrogen-bond acceptors (Lipinski definition) is 2. The van der Waals surface area contributed by atoms with Gasteiger partial charge in [-0.1, -0.05) is 0 Å². The SMILES string of the molecule is Cl.O=C(O)CCc1cn[nH]c1. The summed E-state index contributed by atoms with van der Waals surface area (Å²) in [5.74, 6) is -0.777. The van der Waals surface area contributed by atoms with Crippen molar-refractivity contribution in [3.05, 3.63) is 18.0 Å². The smallest absolute Gasteiger partial charge is 0.303 e. The van der Waals surface area contributed by atoms with E-state index in [1.54, 1.807) is 12.4 Å². The third kappa shape index (κ3) is 3.62. The maximum Gasteiger partial charge on any atom is 0.303 e. The number of aromatic amines is 1. The normalized spacial score (nSPS) is 8.73. The minimum atomic E-state index is -0.777. The lowest BCUT2D eigenvalue weighted by molar-refractivity contribution is -0.136. The van der Waals surface area contributed by atoms with Gasteiger partial charge in [0.05, 0.1) is 6.20 Å². The van der Waals surface area contributed by atoms with Crippen LogP contribution in [0.3, 0.4) is 0 Å². The van der Waals surface area contributed by atoms with Crippen molar-refractivity contribution in [1.29, 1.82) is 0 Å². The van der Waals surface area contributed by atoms with Crippen molar-refractivity contribution in [1.82, 2.24) is 10.2 Å². The van der Waals surface area contributed by atoms with Crippen LogP contribution in [0, 0.1) is 0 Å². The molecular weight excluding hydrogens is 168 g/mol. The number of aliphatic carboxylic acids is 1. The van der Waals surface area contributed by atoms with Crippen LogP contribution in [-0.4, -0.2) is 21.3 Å². The molecule has 1 rings (SSSR count). The zero-order valence-corrected chi connectivity index (χ0v) is 6.60. The molecule has 0 fully saturated rings. The van der Waals surface area contributed by atoms with E-state index >= 15 is 0 Å². The Morgan fingerprint density at radius 3 is 2.91 bits per heavy atom. The highest BCUT2D eigenvalue weighted by Gasteiger charge is 1.98. The molecule has 0 saturated carbocycles. The lowest BCUT2D eigenvalue weighted by Crippen LogP contribution is -1.96. The van der Waals surface area contributed by atoms with Crippen LogP contribution in [-0.2, 0) is 11.2 Å². The fourth-order valence-corrected chi connectivity index (χ4v) is 0.666. The van der Waals surface area contributed by atoms with E-state index < -0.39 is 5.97 Å². The molecule has 0 radical (unpaired) electrons. The molecule has 5 heteroatoms. The lowest BCUT2D eigenvalue weighted by atomic mass is 10.2. The van der Waals surface area contributed by atoms with E-state index in [1.165, 1.54) is 0 Å². The minimum Gasteiger partial charge on any atom is -0.481 e. The summed E-state index contributed by atoms with van der Waals surface area (Å²) >= 11 is 0. The molecular formula is C6H9ClN2O2. The summed E-state index contributed by atoms with van der Waals surface area (Å²) in [5.41, 5.74) is 0.933. The number of carboxylic acids is 1. The van der Waals surface area contributed by atoms with E-state index in [1.807, 2.05) is 0 Å². The van der Waals surface area contributed by atoms with Crippen LogP contribution in [0.4, 0.5) is 0 Å². The molecule has 0 atom stereocenters. The summed E-state index contributed by atoms with van der Waals surface area (Å²) in [4.78, 5) is 10.1. The van der Waals surface area contributed by atoms with Crippen molar-refractivity contribution in [3.8, 4) is 0 Å². The second-order valence-corrected chi connectivity index (χ2v) is 2.00. The van der Waals surface area contributed by atoms with Gasteiger partial charge in [-0.2, -0.15) is 5.10 Å². The first-order chi connectivity index (χ1) is 4.79. The van der Waals surface area contributed by atoms with Gasteiger partial charge in [0.15, 0.2) is 0 Å². The molecule has 62 valence electrons. The Labute approximate surface area is 70.0 Å². The van der Waals surface area contributed by atoms with Crippen LogP contribution in [0.25, 0.3) is 0 Å². The predicted octanol–water partition coefficient (Wildman–Crippen LogP) is 0.849. The Kier molecular flexibility index (Phi) is 4.29. The molecule has 0 amide bonds. The number of aromatic nitrogens is 2. The molecule has 0 aliphatic carbocycles. The zero-order valence-electron chi connectivity index (χ0n) is 5.78. The molecule has 1 aromatic heterocycles. The van der Waals surface area contributed by atoms with Crippen LogP contribution < -0.4 is 0 Å². The van der Waals surface area contributed by atoms with Crippen molar-refractivity contribution in [2.24, 2.45) is 0 Å². The maximum atomic E-state index is 10.1. The molecule has 0 aliphatic heterocycles. The largest absolute Gasteiger partial charge is 0.481 e. The third-order valence-corrected chi connectivity index (χ3v) is 1.18. The van der Waals surface area contributed by atoms with Crippen LogP contribution in [0.15, 0.2) is 12.4 Å². The fraction of sp³-hybridized carbons (Fsp3) is 0.333.